The van der Waals surface area contributed by atoms with Crippen LogP contribution < -0.4 is 10.6 Å². The van der Waals surface area contributed by atoms with E-state index in [9.17, 15) is 4.79 Å². The predicted molar refractivity (Wildman–Crippen MR) is 57.6 cm³/mol. The summed E-state index contributed by atoms with van der Waals surface area (Å²) in [5.41, 5.74) is 0. The van der Waals surface area contributed by atoms with Crippen molar-refractivity contribution in [3.8, 4) is 0 Å². The number of nitrogens with one attached hydrogen (secondary N) is 2. The van der Waals surface area contributed by atoms with Crippen molar-refractivity contribution in [1.29, 1.82) is 0 Å². The summed E-state index contributed by atoms with van der Waals surface area (Å²) in [6, 6.07) is 0.656. The molecule has 0 aromatic carbocycles. The molecule has 1 saturated carbocycles. The van der Waals surface area contributed by atoms with Crippen LogP contribution in [0.25, 0.3) is 0 Å². The van der Waals surface area contributed by atoms with Crippen molar-refractivity contribution in [2.75, 3.05) is 6.61 Å². The van der Waals surface area contributed by atoms with E-state index in [1.54, 1.807) is 0 Å². The van der Waals surface area contributed by atoms with Crippen LogP contribution in [0.3, 0.4) is 0 Å². The minimum Gasteiger partial charge on any atom is -0.377 e. The molecule has 1 aliphatic heterocycles. The summed E-state index contributed by atoms with van der Waals surface area (Å²) in [5, 5.41) is 6.32. The molecule has 3 unspecified atom stereocenters. The predicted octanol–water partition coefficient (Wildman–Crippen LogP) is 0.421. The molecule has 2 N–H and O–H groups in total. The topological polar surface area (TPSA) is 50.4 Å². The van der Waals surface area contributed by atoms with Crippen LogP contribution in [0.1, 0.15) is 33.1 Å². The molecule has 3 atom stereocenters. The number of hydrogen-bond acceptors (Lipinski definition) is 3. The quantitative estimate of drug-likeness (QED) is 0.710. The lowest BCUT2D eigenvalue weighted by molar-refractivity contribution is -0.123. The minimum atomic E-state index is -0.111. The summed E-state index contributed by atoms with van der Waals surface area (Å²) < 4.78 is 5.45. The number of rotatable bonds is 4. The van der Waals surface area contributed by atoms with Gasteiger partial charge in [-0.3, -0.25) is 4.79 Å². The lowest BCUT2D eigenvalue weighted by atomic mass is 10.1. The van der Waals surface area contributed by atoms with Crippen LogP contribution in [0.2, 0.25) is 0 Å². The Kier molecular flexibility index (Phi) is 3.26. The van der Waals surface area contributed by atoms with Crippen molar-refractivity contribution in [1.82, 2.24) is 10.6 Å². The summed E-state index contributed by atoms with van der Waals surface area (Å²) in [6.45, 7) is 4.77. The Hall–Kier alpha value is -0.610. The van der Waals surface area contributed by atoms with Crippen molar-refractivity contribution < 1.29 is 9.53 Å². The molecule has 1 amide bonds. The van der Waals surface area contributed by atoms with Gasteiger partial charge in [-0.05, 0) is 33.1 Å². The second-order valence-electron chi connectivity index (χ2n) is 4.64. The summed E-state index contributed by atoms with van der Waals surface area (Å²) in [6.07, 6.45) is 3.51. The van der Waals surface area contributed by atoms with Crippen LogP contribution in [0.5, 0.6) is 0 Å². The van der Waals surface area contributed by atoms with E-state index in [2.05, 4.69) is 17.6 Å². The molecular weight excluding hydrogens is 192 g/mol. The van der Waals surface area contributed by atoms with Crippen LogP contribution in [0.15, 0.2) is 0 Å². The molecule has 4 heteroatoms. The molecule has 1 aliphatic carbocycles. The van der Waals surface area contributed by atoms with Gasteiger partial charge in [0.15, 0.2) is 0 Å². The Morgan fingerprint density at radius 2 is 2.13 bits per heavy atom. The van der Waals surface area contributed by atoms with Gasteiger partial charge in [0.2, 0.25) is 5.91 Å². The Morgan fingerprint density at radius 1 is 1.40 bits per heavy atom. The second-order valence-corrected chi connectivity index (χ2v) is 4.64. The summed E-state index contributed by atoms with van der Waals surface area (Å²) in [7, 11) is 0. The summed E-state index contributed by atoms with van der Waals surface area (Å²) >= 11 is 0. The van der Waals surface area contributed by atoms with E-state index in [1.165, 1.54) is 0 Å². The Bertz CT molecular complexity index is 241. The van der Waals surface area contributed by atoms with Crippen molar-refractivity contribution in [3.63, 3.8) is 0 Å². The van der Waals surface area contributed by atoms with Crippen molar-refractivity contribution in [2.45, 2.75) is 57.3 Å². The van der Waals surface area contributed by atoms with Crippen LogP contribution in [-0.4, -0.2) is 36.7 Å². The van der Waals surface area contributed by atoms with E-state index < -0.39 is 0 Å². The second kappa shape index (κ2) is 4.49. The third-order valence-electron chi connectivity index (χ3n) is 3.16. The molecule has 15 heavy (non-hydrogen) atoms. The number of amides is 1. The van der Waals surface area contributed by atoms with Gasteiger partial charge >= 0.3 is 0 Å². The van der Waals surface area contributed by atoms with E-state index in [-0.39, 0.29) is 18.1 Å². The molecule has 0 bridgehead atoms. The molecule has 4 nitrogen and oxygen atoms in total. The first kappa shape index (κ1) is 10.9. The van der Waals surface area contributed by atoms with Gasteiger partial charge in [0.05, 0.1) is 12.1 Å². The smallest absolute Gasteiger partial charge is 0.237 e. The molecule has 0 spiro atoms. The minimum absolute atomic E-state index is 0.111. The van der Waals surface area contributed by atoms with Gasteiger partial charge in [-0.2, -0.15) is 0 Å². The molecule has 0 radical (unpaired) electrons. The third kappa shape index (κ3) is 2.92. The Morgan fingerprint density at radius 3 is 2.67 bits per heavy atom. The normalized spacial score (nSPS) is 32.7. The monoisotopic (exact) mass is 212 g/mol. The van der Waals surface area contributed by atoms with E-state index in [1.807, 2.05) is 6.92 Å². The van der Waals surface area contributed by atoms with E-state index in [0.717, 1.165) is 25.9 Å². The van der Waals surface area contributed by atoms with Crippen LogP contribution in [-0.2, 0) is 9.53 Å². The molecule has 0 aromatic rings. The zero-order valence-electron chi connectivity index (χ0n) is 9.45. The van der Waals surface area contributed by atoms with Gasteiger partial charge in [-0.1, -0.05) is 0 Å². The fourth-order valence-corrected chi connectivity index (χ4v) is 1.90. The van der Waals surface area contributed by atoms with Gasteiger partial charge < -0.3 is 15.4 Å². The van der Waals surface area contributed by atoms with Crippen molar-refractivity contribution in [2.24, 2.45) is 0 Å². The van der Waals surface area contributed by atoms with Crippen LogP contribution in [0, 0.1) is 0 Å². The molecule has 86 valence electrons. The highest BCUT2D eigenvalue weighted by molar-refractivity contribution is 5.81. The first-order valence-electron chi connectivity index (χ1n) is 5.85. The lowest BCUT2D eigenvalue weighted by Crippen LogP contribution is -2.49. The zero-order valence-corrected chi connectivity index (χ0v) is 9.45. The summed E-state index contributed by atoms with van der Waals surface area (Å²) in [5.74, 6) is 0.122. The van der Waals surface area contributed by atoms with E-state index in [0.29, 0.717) is 12.1 Å². The fraction of sp³-hybridized carbons (Fsp3) is 0.909. The Labute approximate surface area is 90.8 Å². The molecule has 2 fully saturated rings. The van der Waals surface area contributed by atoms with Crippen LogP contribution in [0.4, 0.5) is 0 Å². The Balaban J connectivity index is 1.74. The highest BCUT2D eigenvalue weighted by atomic mass is 16.5. The first-order chi connectivity index (χ1) is 7.16. The lowest BCUT2D eigenvalue weighted by Gasteiger charge is -2.21. The summed E-state index contributed by atoms with van der Waals surface area (Å²) in [4.78, 5) is 11.7. The highest BCUT2D eigenvalue weighted by Gasteiger charge is 2.29. The van der Waals surface area contributed by atoms with Gasteiger partial charge in [0, 0.05) is 18.7 Å². The van der Waals surface area contributed by atoms with E-state index in [4.69, 9.17) is 4.74 Å². The van der Waals surface area contributed by atoms with Crippen molar-refractivity contribution >= 4 is 5.91 Å². The molecule has 1 saturated heterocycles. The molecule has 1 heterocycles. The number of carbonyl (C=O) groups excluding carboxylic acids is 1. The van der Waals surface area contributed by atoms with Crippen LogP contribution >= 0.6 is 0 Å². The van der Waals surface area contributed by atoms with Crippen molar-refractivity contribution in [3.05, 3.63) is 0 Å². The molecule has 2 rings (SSSR count). The maximum atomic E-state index is 11.7. The van der Waals surface area contributed by atoms with Gasteiger partial charge in [-0.25, -0.2) is 0 Å². The average Bonchev–Trinajstić information content (AvgIpc) is 2.92. The van der Waals surface area contributed by atoms with Gasteiger partial charge in [0.1, 0.15) is 0 Å². The van der Waals surface area contributed by atoms with Gasteiger partial charge in [0.25, 0.3) is 0 Å². The zero-order chi connectivity index (χ0) is 10.8. The largest absolute Gasteiger partial charge is 0.377 e. The average molecular weight is 212 g/mol. The SMILES string of the molecule is CC(NC1CCOC1C)C(=O)NC1CC1. The first-order valence-corrected chi connectivity index (χ1v) is 5.85. The third-order valence-corrected chi connectivity index (χ3v) is 3.16. The maximum absolute atomic E-state index is 11.7. The number of ether oxygens (including phenoxy) is 1. The number of carbonyl (C=O) groups is 1. The van der Waals surface area contributed by atoms with Gasteiger partial charge in [-0.15, -0.1) is 0 Å². The number of hydrogen-bond donors (Lipinski definition) is 2. The molecular formula is C11H20N2O2. The maximum Gasteiger partial charge on any atom is 0.237 e. The fourth-order valence-electron chi connectivity index (χ4n) is 1.90. The molecule has 2 aliphatic rings. The molecule has 0 aromatic heterocycles. The standard InChI is InChI=1S/C11H20N2O2/c1-7(11(14)13-9-3-4-9)12-10-5-6-15-8(10)2/h7-10,12H,3-6H2,1-2H3,(H,13,14). The highest BCUT2D eigenvalue weighted by Crippen LogP contribution is 2.19. The van der Waals surface area contributed by atoms with E-state index >= 15 is 0 Å².